The summed E-state index contributed by atoms with van der Waals surface area (Å²) in [6, 6.07) is 0. The third kappa shape index (κ3) is 2.84. The zero-order chi connectivity index (χ0) is 10.6. The van der Waals surface area contributed by atoms with E-state index in [1.165, 1.54) is 0 Å². The molecule has 0 spiro atoms. The van der Waals surface area contributed by atoms with Crippen molar-refractivity contribution in [3.05, 3.63) is 18.0 Å². The fourth-order valence-corrected chi connectivity index (χ4v) is 1.34. The molecule has 2 unspecified atom stereocenters. The average molecular weight is 196 g/mol. The van der Waals surface area contributed by atoms with Gasteiger partial charge in [-0.15, -0.1) is 0 Å². The molecule has 0 aliphatic rings. The van der Waals surface area contributed by atoms with Gasteiger partial charge in [0.05, 0.1) is 12.3 Å². The van der Waals surface area contributed by atoms with Gasteiger partial charge in [-0.2, -0.15) is 5.10 Å². The minimum Gasteiger partial charge on any atom is -0.388 e. The molecule has 0 bridgehead atoms. The lowest BCUT2D eigenvalue weighted by atomic mass is 10.1. The summed E-state index contributed by atoms with van der Waals surface area (Å²) < 4.78 is 1.92. The number of aliphatic hydroxyl groups is 1. The molecule has 80 valence electrons. The number of hydrogen-bond donors (Lipinski definition) is 1. The molecule has 1 aromatic heterocycles. The van der Waals surface area contributed by atoms with Crippen LogP contribution < -0.4 is 0 Å². The Kier molecular flexibility index (Phi) is 4.14. The predicted octanol–water partition coefficient (Wildman–Crippen LogP) is 2.37. The van der Waals surface area contributed by atoms with E-state index >= 15 is 0 Å². The fraction of sp³-hybridized carbons (Fsp3) is 0.727. The average Bonchev–Trinajstić information content (AvgIpc) is 2.65. The molecular weight excluding hydrogens is 176 g/mol. The van der Waals surface area contributed by atoms with Crippen molar-refractivity contribution in [1.82, 2.24) is 9.78 Å². The van der Waals surface area contributed by atoms with Crippen LogP contribution in [-0.2, 0) is 6.54 Å². The van der Waals surface area contributed by atoms with Crippen LogP contribution in [0.3, 0.4) is 0 Å². The van der Waals surface area contributed by atoms with Gasteiger partial charge in [0.1, 0.15) is 0 Å². The maximum atomic E-state index is 9.58. The Morgan fingerprint density at radius 1 is 1.43 bits per heavy atom. The van der Waals surface area contributed by atoms with Crippen molar-refractivity contribution in [3.63, 3.8) is 0 Å². The van der Waals surface area contributed by atoms with E-state index in [2.05, 4.69) is 18.9 Å². The monoisotopic (exact) mass is 196 g/mol. The van der Waals surface area contributed by atoms with Gasteiger partial charge in [0.15, 0.2) is 0 Å². The van der Waals surface area contributed by atoms with Crippen LogP contribution >= 0.6 is 0 Å². The number of aliphatic hydroxyl groups excluding tert-OH is 1. The molecule has 3 heteroatoms. The van der Waals surface area contributed by atoms with Gasteiger partial charge in [0, 0.05) is 18.3 Å². The first kappa shape index (κ1) is 11.2. The second-order valence-electron chi connectivity index (χ2n) is 3.93. The lowest BCUT2D eigenvalue weighted by Crippen LogP contribution is -2.06. The lowest BCUT2D eigenvalue weighted by molar-refractivity contribution is 0.173. The van der Waals surface area contributed by atoms with E-state index < -0.39 is 0 Å². The van der Waals surface area contributed by atoms with E-state index in [4.69, 9.17) is 0 Å². The third-order valence-electron chi connectivity index (χ3n) is 2.62. The van der Waals surface area contributed by atoms with Gasteiger partial charge in [-0.05, 0) is 12.3 Å². The van der Waals surface area contributed by atoms with Crippen LogP contribution in [0.15, 0.2) is 12.4 Å². The zero-order valence-corrected chi connectivity index (χ0v) is 9.27. The SMILES string of the molecule is CCC(C)Cn1cc(C(O)CC)cn1. The van der Waals surface area contributed by atoms with E-state index in [0.717, 1.165) is 24.9 Å². The van der Waals surface area contributed by atoms with Crippen LogP contribution in [0.25, 0.3) is 0 Å². The molecule has 3 nitrogen and oxygen atoms in total. The van der Waals surface area contributed by atoms with E-state index in [0.29, 0.717) is 5.92 Å². The zero-order valence-electron chi connectivity index (χ0n) is 9.27. The van der Waals surface area contributed by atoms with Gasteiger partial charge in [0.25, 0.3) is 0 Å². The summed E-state index contributed by atoms with van der Waals surface area (Å²) in [5.74, 6) is 0.640. The molecule has 0 aliphatic heterocycles. The highest BCUT2D eigenvalue weighted by Gasteiger charge is 2.08. The van der Waals surface area contributed by atoms with Crippen LogP contribution in [0, 0.1) is 5.92 Å². The maximum absolute atomic E-state index is 9.58. The first-order chi connectivity index (χ1) is 6.67. The van der Waals surface area contributed by atoms with Crippen LogP contribution in [0.5, 0.6) is 0 Å². The molecule has 1 aromatic rings. The second kappa shape index (κ2) is 5.15. The molecule has 2 atom stereocenters. The normalized spacial score (nSPS) is 15.4. The molecule has 0 aromatic carbocycles. The molecule has 0 aliphatic carbocycles. The number of aromatic nitrogens is 2. The number of hydrogen-bond acceptors (Lipinski definition) is 2. The van der Waals surface area contributed by atoms with Gasteiger partial charge in [-0.25, -0.2) is 0 Å². The minimum absolute atomic E-state index is 0.360. The third-order valence-corrected chi connectivity index (χ3v) is 2.62. The molecule has 14 heavy (non-hydrogen) atoms. The highest BCUT2D eigenvalue weighted by molar-refractivity contribution is 5.07. The highest BCUT2D eigenvalue weighted by atomic mass is 16.3. The van der Waals surface area contributed by atoms with Gasteiger partial charge < -0.3 is 5.11 Å². The molecule has 1 heterocycles. The summed E-state index contributed by atoms with van der Waals surface area (Å²) in [6.45, 7) is 7.29. The molecule has 0 radical (unpaired) electrons. The van der Waals surface area contributed by atoms with Crippen molar-refractivity contribution in [2.75, 3.05) is 0 Å². The quantitative estimate of drug-likeness (QED) is 0.785. The van der Waals surface area contributed by atoms with E-state index in [-0.39, 0.29) is 6.10 Å². The summed E-state index contributed by atoms with van der Waals surface area (Å²) in [4.78, 5) is 0. The Hall–Kier alpha value is -0.830. The smallest absolute Gasteiger partial charge is 0.0817 e. The Balaban J connectivity index is 2.59. The molecular formula is C11H20N2O. The fourth-order valence-electron chi connectivity index (χ4n) is 1.34. The topological polar surface area (TPSA) is 38.0 Å². The summed E-state index contributed by atoms with van der Waals surface area (Å²) in [7, 11) is 0. The molecule has 0 saturated carbocycles. The molecule has 1 rings (SSSR count). The van der Waals surface area contributed by atoms with E-state index in [1.54, 1.807) is 6.20 Å². The lowest BCUT2D eigenvalue weighted by Gasteiger charge is -2.08. The largest absolute Gasteiger partial charge is 0.388 e. The summed E-state index contributed by atoms with van der Waals surface area (Å²) in [5.41, 5.74) is 0.927. The van der Waals surface area contributed by atoms with Crippen molar-refractivity contribution >= 4 is 0 Å². The van der Waals surface area contributed by atoms with Gasteiger partial charge in [-0.1, -0.05) is 27.2 Å². The first-order valence-corrected chi connectivity index (χ1v) is 5.37. The highest BCUT2D eigenvalue weighted by Crippen LogP contribution is 2.15. The van der Waals surface area contributed by atoms with Gasteiger partial charge in [0.2, 0.25) is 0 Å². The van der Waals surface area contributed by atoms with Crippen LogP contribution in [0.2, 0.25) is 0 Å². The van der Waals surface area contributed by atoms with Gasteiger partial charge >= 0.3 is 0 Å². The van der Waals surface area contributed by atoms with Crippen molar-refractivity contribution in [3.8, 4) is 0 Å². The van der Waals surface area contributed by atoms with Crippen LogP contribution in [-0.4, -0.2) is 14.9 Å². The Morgan fingerprint density at radius 2 is 2.14 bits per heavy atom. The summed E-state index contributed by atoms with van der Waals surface area (Å²) in [6.07, 6.45) is 5.25. The first-order valence-electron chi connectivity index (χ1n) is 5.37. The predicted molar refractivity (Wildman–Crippen MR) is 56.9 cm³/mol. The minimum atomic E-state index is -0.360. The van der Waals surface area contributed by atoms with Crippen molar-refractivity contribution in [1.29, 1.82) is 0 Å². The van der Waals surface area contributed by atoms with Crippen LogP contribution in [0.4, 0.5) is 0 Å². The molecule has 0 amide bonds. The Labute approximate surface area is 85.8 Å². The standard InChI is InChI=1S/C11H20N2O/c1-4-9(3)7-13-8-10(6-12-13)11(14)5-2/h6,8-9,11,14H,4-5,7H2,1-3H3. The Bertz CT molecular complexity index is 270. The number of nitrogens with zero attached hydrogens (tertiary/aromatic N) is 2. The van der Waals surface area contributed by atoms with Crippen molar-refractivity contribution < 1.29 is 5.11 Å². The number of rotatable bonds is 5. The van der Waals surface area contributed by atoms with Gasteiger partial charge in [-0.3, -0.25) is 4.68 Å². The summed E-state index contributed by atoms with van der Waals surface area (Å²) in [5, 5.41) is 13.8. The Morgan fingerprint density at radius 3 is 2.71 bits per heavy atom. The summed E-state index contributed by atoms with van der Waals surface area (Å²) >= 11 is 0. The molecule has 1 N–H and O–H groups in total. The van der Waals surface area contributed by atoms with Crippen LogP contribution in [0.1, 0.15) is 45.3 Å². The van der Waals surface area contributed by atoms with E-state index in [9.17, 15) is 5.11 Å². The van der Waals surface area contributed by atoms with Crippen molar-refractivity contribution in [2.45, 2.75) is 46.3 Å². The van der Waals surface area contributed by atoms with Crippen molar-refractivity contribution in [2.24, 2.45) is 5.92 Å². The van der Waals surface area contributed by atoms with E-state index in [1.807, 2.05) is 17.8 Å². The maximum Gasteiger partial charge on any atom is 0.0817 e. The second-order valence-corrected chi connectivity index (χ2v) is 3.93. The molecule has 0 fully saturated rings. The molecule has 0 saturated heterocycles.